The first kappa shape index (κ1) is 23.5. The minimum atomic E-state index is -0.0643. The van der Waals surface area contributed by atoms with Crippen molar-refractivity contribution in [3.05, 3.63) is 0 Å². The number of rotatable bonds is 18. The summed E-state index contributed by atoms with van der Waals surface area (Å²) in [4.78, 5) is 11.0. The lowest BCUT2D eigenvalue weighted by molar-refractivity contribution is -0.140. The first-order valence-electron chi connectivity index (χ1n) is 10.8. The summed E-state index contributed by atoms with van der Waals surface area (Å²) >= 11 is 0. The molecule has 2 nitrogen and oxygen atoms in total. The molecule has 0 aliphatic rings. The van der Waals surface area contributed by atoms with E-state index in [4.69, 9.17) is 0 Å². The topological polar surface area (TPSA) is 26.3 Å². The van der Waals surface area contributed by atoms with E-state index >= 15 is 0 Å². The first-order chi connectivity index (χ1) is 11.7. The zero-order valence-electron chi connectivity index (χ0n) is 16.9. The predicted octanol–water partition coefficient (Wildman–Crippen LogP) is 7.45. The molecule has 144 valence electrons. The molecule has 0 unspecified atom stereocenters. The molecule has 0 rings (SSSR count). The average Bonchev–Trinajstić information content (AvgIpc) is 2.60. The Bertz CT molecular complexity index is 263. The van der Waals surface area contributed by atoms with E-state index in [2.05, 4.69) is 18.6 Å². The largest absolute Gasteiger partial charge is 0.469 e. The maximum atomic E-state index is 11.0. The number of hydrogen-bond donors (Lipinski definition) is 0. The van der Waals surface area contributed by atoms with Crippen molar-refractivity contribution in [2.45, 2.75) is 123 Å². The van der Waals surface area contributed by atoms with Crippen LogP contribution in [0.1, 0.15) is 123 Å². The zero-order valence-corrected chi connectivity index (χ0v) is 16.9. The molecule has 24 heavy (non-hydrogen) atoms. The Hall–Kier alpha value is -0.530. The molecule has 0 aromatic heterocycles. The van der Waals surface area contributed by atoms with E-state index in [0.717, 1.165) is 12.3 Å². The van der Waals surface area contributed by atoms with Crippen LogP contribution in [0.2, 0.25) is 0 Å². The van der Waals surface area contributed by atoms with Gasteiger partial charge in [0.25, 0.3) is 0 Å². The van der Waals surface area contributed by atoms with Gasteiger partial charge in [-0.2, -0.15) is 0 Å². The van der Waals surface area contributed by atoms with Crippen molar-refractivity contribution in [3.8, 4) is 0 Å². The highest BCUT2D eigenvalue weighted by Gasteiger charge is 2.00. The lowest BCUT2D eigenvalue weighted by Gasteiger charge is -2.07. The maximum Gasteiger partial charge on any atom is 0.305 e. The zero-order chi connectivity index (χ0) is 17.9. The summed E-state index contributed by atoms with van der Waals surface area (Å²) in [7, 11) is 1.47. The van der Waals surface area contributed by atoms with Crippen LogP contribution in [0.25, 0.3) is 0 Å². The lowest BCUT2D eigenvalue weighted by atomic mass is 9.99. The van der Waals surface area contributed by atoms with Crippen LogP contribution in [0.15, 0.2) is 0 Å². The summed E-state index contributed by atoms with van der Waals surface area (Å²) in [5.74, 6) is 0.864. The van der Waals surface area contributed by atoms with Crippen LogP contribution in [0.4, 0.5) is 0 Å². The van der Waals surface area contributed by atoms with Gasteiger partial charge in [-0.1, -0.05) is 110 Å². The summed E-state index contributed by atoms with van der Waals surface area (Å²) in [5.41, 5.74) is 0. The number of methoxy groups -OCH3 is 1. The molecule has 0 heterocycles. The summed E-state index contributed by atoms with van der Waals surface area (Å²) in [6.45, 7) is 4.68. The van der Waals surface area contributed by atoms with Crippen LogP contribution in [-0.4, -0.2) is 13.1 Å². The molecular formula is C22H44O2. The minimum Gasteiger partial charge on any atom is -0.469 e. The smallest absolute Gasteiger partial charge is 0.305 e. The molecule has 0 aliphatic carbocycles. The lowest BCUT2D eigenvalue weighted by Crippen LogP contribution is -1.99. The Morgan fingerprint density at radius 1 is 0.708 bits per heavy atom. The van der Waals surface area contributed by atoms with Crippen LogP contribution < -0.4 is 0 Å². The third-order valence-electron chi connectivity index (χ3n) is 5.25. The SMILES string of the molecule is CC[C@H](C)CCCCCCCCCCCCCCCCC(=O)OC. The van der Waals surface area contributed by atoms with Crippen LogP contribution in [-0.2, 0) is 9.53 Å². The highest BCUT2D eigenvalue weighted by atomic mass is 16.5. The van der Waals surface area contributed by atoms with Gasteiger partial charge in [-0.05, 0) is 12.3 Å². The van der Waals surface area contributed by atoms with E-state index in [1.165, 1.54) is 103 Å². The number of carbonyl (C=O) groups is 1. The van der Waals surface area contributed by atoms with E-state index in [1.807, 2.05) is 0 Å². The number of ether oxygens (including phenoxy) is 1. The van der Waals surface area contributed by atoms with Crippen molar-refractivity contribution >= 4 is 5.97 Å². The fourth-order valence-corrected chi connectivity index (χ4v) is 3.19. The molecule has 0 spiro atoms. The molecule has 0 saturated carbocycles. The van der Waals surface area contributed by atoms with E-state index in [9.17, 15) is 4.79 Å². The molecule has 0 N–H and O–H groups in total. The van der Waals surface area contributed by atoms with Gasteiger partial charge in [0, 0.05) is 6.42 Å². The van der Waals surface area contributed by atoms with Crippen molar-refractivity contribution in [1.29, 1.82) is 0 Å². The molecular weight excluding hydrogens is 296 g/mol. The molecule has 0 aromatic rings. The Kier molecular flexibility index (Phi) is 18.4. The summed E-state index contributed by atoms with van der Waals surface area (Å²) < 4.78 is 4.64. The highest BCUT2D eigenvalue weighted by Crippen LogP contribution is 2.16. The fraction of sp³-hybridized carbons (Fsp3) is 0.955. The monoisotopic (exact) mass is 340 g/mol. The van der Waals surface area contributed by atoms with E-state index in [0.29, 0.717) is 6.42 Å². The van der Waals surface area contributed by atoms with Crippen LogP contribution >= 0.6 is 0 Å². The van der Waals surface area contributed by atoms with Crippen molar-refractivity contribution in [2.75, 3.05) is 7.11 Å². The quantitative estimate of drug-likeness (QED) is 0.191. The second-order valence-electron chi connectivity index (χ2n) is 7.58. The normalized spacial score (nSPS) is 12.3. The van der Waals surface area contributed by atoms with Gasteiger partial charge in [0.2, 0.25) is 0 Å². The molecule has 0 bridgehead atoms. The number of unbranched alkanes of at least 4 members (excludes halogenated alkanes) is 13. The van der Waals surface area contributed by atoms with E-state index < -0.39 is 0 Å². The van der Waals surface area contributed by atoms with Gasteiger partial charge in [0.05, 0.1) is 7.11 Å². The van der Waals surface area contributed by atoms with Crippen LogP contribution in [0.3, 0.4) is 0 Å². The fourth-order valence-electron chi connectivity index (χ4n) is 3.19. The second-order valence-corrected chi connectivity index (χ2v) is 7.58. The number of hydrogen-bond acceptors (Lipinski definition) is 2. The number of carbonyl (C=O) groups excluding carboxylic acids is 1. The maximum absolute atomic E-state index is 11.0. The third kappa shape index (κ3) is 17.8. The van der Waals surface area contributed by atoms with Gasteiger partial charge in [-0.3, -0.25) is 4.79 Å². The van der Waals surface area contributed by atoms with Crippen molar-refractivity contribution in [2.24, 2.45) is 5.92 Å². The van der Waals surface area contributed by atoms with Gasteiger partial charge in [-0.15, -0.1) is 0 Å². The van der Waals surface area contributed by atoms with Crippen LogP contribution in [0, 0.1) is 5.92 Å². The Balaban J connectivity index is 3.04. The Morgan fingerprint density at radius 2 is 1.08 bits per heavy atom. The van der Waals surface area contributed by atoms with Crippen molar-refractivity contribution in [1.82, 2.24) is 0 Å². The average molecular weight is 341 g/mol. The Morgan fingerprint density at radius 3 is 1.46 bits per heavy atom. The third-order valence-corrected chi connectivity index (χ3v) is 5.25. The summed E-state index contributed by atoms with van der Waals surface area (Å²) in [6, 6.07) is 0. The second kappa shape index (κ2) is 18.8. The first-order valence-corrected chi connectivity index (χ1v) is 10.8. The van der Waals surface area contributed by atoms with Crippen LogP contribution in [0.5, 0.6) is 0 Å². The molecule has 0 fully saturated rings. The molecule has 2 heteroatoms. The molecule has 0 radical (unpaired) electrons. The van der Waals surface area contributed by atoms with Crippen molar-refractivity contribution < 1.29 is 9.53 Å². The molecule has 0 aromatic carbocycles. The predicted molar refractivity (Wildman–Crippen MR) is 105 cm³/mol. The Labute approximate surface area is 152 Å². The molecule has 0 saturated heterocycles. The van der Waals surface area contributed by atoms with Gasteiger partial charge in [0.15, 0.2) is 0 Å². The minimum absolute atomic E-state index is 0.0643. The standard InChI is InChI=1S/C22H44O2/c1-4-21(2)19-17-15-13-11-9-7-5-6-8-10-12-14-16-18-20-22(23)24-3/h21H,4-20H2,1-3H3/t21-/m0/s1. The van der Waals surface area contributed by atoms with Gasteiger partial charge in [-0.25, -0.2) is 0 Å². The molecule has 0 amide bonds. The van der Waals surface area contributed by atoms with E-state index in [-0.39, 0.29) is 5.97 Å². The highest BCUT2D eigenvalue weighted by molar-refractivity contribution is 5.68. The number of esters is 1. The summed E-state index contributed by atoms with van der Waals surface area (Å²) in [6.07, 6.45) is 22.4. The van der Waals surface area contributed by atoms with Crippen molar-refractivity contribution in [3.63, 3.8) is 0 Å². The van der Waals surface area contributed by atoms with Gasteiger partial charge >= 0.3 is 5.97 Å². The molecule has 1 atom stereocenters. The van der Waals surface area contributed by atoms with E-state index in [1.54, 1.807) is 0 Å². The molecule has 0 aliphatic heterocycles. The van der Waals surface area contributed by atoms with Gasteiger partial charge < -0.3 is 4.74 Å². The van der Waals surface area contributed by atoms with Gasteiger partial charge in [0.1, 0.15) is 0 Å². The summed E-state index contributed by atoms with van der Waals surface area (Å²) in [5, 5.41) is 0.